The summed E-state index contributed by atoms with van der Waals surface area (Å²) in [5, 5.41) is 16.6. The minimum Gasteiger partial charge on any atom is -0.509 e. The number of ether oxygens (including phenoxy) is 1. The van der Waals surface area contributed by atoms with E-state index in [0.29, 0.717) is 28.3 Å². The van der Waals surface area contributed by atoms with E-state index in [4.69, 9.17) is 24.5 Å². The SMILES string of the molecule is [C-]#[N+]C(C#N)c1nn(-c2[c-]c(Oc3[c-]c4c(cc3)c3ccccc3n4-c3cc(C)ccn3)ccc2)c(C([N+]#[C-])[N+]#[C-])c1-c1ccccc1.[Pt+2]. The van der Waals surface area contributed by atoms with Gasteiger partial charge in [0.1, 0.15) is 5.82 Å². The van der Waals surface area contributed by atoms with Gasteiger partial charge in [-0.15, -0.1) is 35.7 Å². The molecule has 7 rings (SSSR count). The third-order valence-corrected chi connectivity index (χ3v) is 7.90. The van der Waals surface area contributed by atoms with E-state index in [1.54, 1.807) is 36.5 Å². The predicted octanol–water partition coefficient (Wildman–Crippen LogP) is 9.05. The Bertz CT molecular complexity index is 2500. The average molecular weight is 814 g/mol. The molecule has 0 bridgehead atoms. The maximum atomic E-state index is 9.84. The summed E-state index contributed by atoms with van der Waals surface area (Å²) in [6.07, 6.45) is 0.505. The molecule has 49 heavy (non-hydrogen) atoms. The summed E-state index contributed by atoms with van der Waals surface area (Å²) in [6.45, 7) is 25.3. The molecule has 0 fully saturated rings. The first-order valence-electron chi connectivity index (χ1n) is 14.8. The number of fused-ring (bicyclic) bond motifs is 3. The van der Waals surface area contributed by atoms with E-state index < -0.39 is 12.2 Å². The molecule has 0 aliphatic carbocycles. The Labute approximate surface area is 297 Å². The second kappa shape index (κ2) is 13.7. The molecule has 0 spiro atoms. The monoisotopic (exact) mass is 813 g/mol. The number of pyridine rings is 1. The zero-order valence-electron chi connectivity index (χ0n) is 25.8. The van der Waals surface area contributed by atoms with Gasteiger partial charge in [-0.25, -0.2) is 39.1 Å². The third kappa shape index (κ3) is 5.81. The quantitative estimate of drug-likeness (QED) is 0.151. The summed E-state index contributed by atoms with van der Waals surface area (Å²) in [6, 6.07) is 37.6. The van der Waals surface area contributed by atoms with Crippen molar-refractivity contribution in [3.05, 3.63) is 167 Å². The number of nitriles is 1. The third-order valence-electron chi connectivity index (χ3n) is 7.90. The molecule has 0 saturated heterocycles. The Hall–Kier alpha value is -6.51. The predicted molar refractivity (Wildman–Crippen MR) is 181 cm³/mol. The Morgan fingerprint density at radius 1 is 0.837 bits per heavy atom. The van der Waals surface area contributed by atoms with Crippen LogP contribution in [-0.2, 0) is 21.1 Å². The van der Waals surface area contributed by atoms with Crippen LogP contribution in [0.5, 0.6) is 11.5 Å². The summed E-state index contributed by atoms with van der Waals surface area (Å²) in [7, 11) is 0. The molecule has 234 valence electrons. The van der Waals surface area contributed by atoms with Gasteiger partial charge in [0, 0.05) is 23.2 Å². The number of hydrogen-bond donors (Lipinski definition) is 0. The van der Waals surface area contributed by atoms with Gasteiger partial charge in [-0.05, 0) is 47.3 Å². The topological polar surface area (TPSA) is 81.7 Å². The van der Waals surface area contributed by atoms with Crippen molar-refractivity contribution >= 4 is 21.8 Å². The maximum Gasteiger partial charge on any atom is 2.00 e. The van der Waals surface area contributed by atoms with E-state index in [2.05, 4.69) is 53.5 Å². The van der Waals surface area contributed by atoms with Crippen LogP contribution in [0.4, 0.5) is 0 Å². The molecule has 7 aromatic rings. The van der Waals surface area contributed by atoms with Crippen molar-refractivity contribution in [1.29, 1.82) is 5.26 Å². The number of rotatable bonds is 7. The molecule has 0 radical (unpaired) electrons. The van der Waals surface area contributed by atoms with E-state index in [-0.39, 0.29) is 32.5 Å². The van der Waals surface area contributed by atoms with E-state index >= 15 is 0 Å². The summed E-state index contributed by atoms with van der Waals surface area (Å²) in [4.78, 5) is 15.3. The van der Waals surface area contributed by atoms with Crippen LogP contribution in [0.2, 0.25) is 0 Å². The summed E-state index contributed by atoms with van der Waals surface area (Å²) in [5.74, 6) is 1.55. The molecular weight excluding hydrogens is 792 g/mol. The Morgan fingerprint density at radius 2 is 1.59 bits per heavy atom. The molecule has 0 saturated carbocycles. The van der Waals surface area contributed by atoms with Crippen molar-refractivity contribution in [1.82, 2.24) is 19.3 Å². The van der Waals surface area contributed by atoms with Crippen LogP contribution >= 0.6 is 0 Å². The fraction of sp³-hybridized carbons (Fsp3) is 0.0769. The van der Waals surface area contributed by atoms with Gasteiger partial charge in [-0.2, -0.15) is 22.5 Å². The molecule has 3 aromatic heterocycles. The summed E-state index contributed by atoms with van der Waals surface area (Å²) < 4.78 is 9.80. The van der Waals surface area contributed by atoms with Crippen LogP contribution in [0.1, 0.15) is 29.2 Å². The minimum absolute atomic E-state index is 0. The van der Waals surface area contributed by atoms with Gasteiger partial charge in [0.05, 0.1) is 5.56 Å². The van der Waals surface area contributed by atoms with Gasteiger partial charge in [0.2, 0.25) is 5.69 Å². The van der Waals surface area contributed by atoms with Gasteiger partial charge in [0.15, 0.2) is 11.8 Å². The fourth-order valence-electron chi connectivity index (χ4n) is 5.82. The van der Waals surface area contributed by atoms with Crippen molar-refractivity contribution in [2.75, 3.05) is 0 Å². The van der Waals surface area contributed by atoms with Crippen LogP contribution in [-0.4, -0.2) is 19.3 Å². The zero-order valence-corrected chi connectivity index (χ0v) is 28.0. The van der Waals surface area contributed by atoms with E-state index in [9.17, 15) is 5.26 Å². The molecule has 0 amide bonds. The van der Waals surface area contributed by atoms with E-state index in [1.807, 2.05) is 67.6 Å². The Balaban J connectivity index is 0.00000417. The molecule has 1 atom stereocenters. The fourth-order valence-corrected chi connectivity index (χ4v) is 5.82. The van der Waals surface area contributed by atoms with Crippen LogP contribution in [0, 0.1) is 50.1 Å². The molecule has 4 aromatic carbocycles. The maximum absolute atomic E-state index is 9.84. The Morgan fingerprint density at radius 3 is 2.33 bits per heavy atom. The normalized spacial score (nSPS) is 11.2. The summed E-state index contributed by atoms with van der Waals surface area (Å²) >= 11 is 0. The van der Waals surface area contributed by atoms with Gasteiger partial charge in [0.25, 0.3) is 0 Å². The largest absolute Gasteiger partial charge is 2.00 e. The summed E-state index contributed by atoms with van der Waals surface area (Å²) in [5.41, 5.74) is 4.72. The molecule has 3 heterocycles. The van der Waals surface area contributed by atoms with Gasteiger partial charge in [-0.3, -0.25) is 4.85 Å². The second-order valence-electron chi connectivity index (χ2n) is 10.8. The molecule has 0 aliphatic rings. The van der Waals surface area contributed by atoms with Gasteiger partial charge < -0.3 is 9.30 Å². The second-order valence-corrected chi connectivity index (χ2v) is 10.8. The first-order valence-corrected chi connectivity index (χ1v) is 14.8. The molecule has 0 aliphatic heterocycles. The van der Waals surface area contributed by atoms with E-state index in [0.717, 1.165) is 33.2 Å². The van der Waals surface area contributed by atoms with Crippen LogP contribution < -0.4 is 4.74 Å². The molecule has 9 nitrogen and oxygen atoms in total. The number of benzene rings is 4. The van der Waals surface area contributed by atoms with Crippen molar-refractivity contribution in [3.8, 4) is 40.2 Å². The standard InChI is InChI=1S/C39H22N8O.Pt/c1-25-19-20-44-35(21-25)46-33-16-9-8-15-30(33)31-18-17-29(23-34(31)46)48-28-14-10-13-27(22-28)47-38(39(42-3)43-4)36(26-11-6-5-7-12-26)37(45-47)32(24-40)41-2;/h5-21,32,39H,1H3;/q-2;+2. The smallest absolute Gasteiger partial charge is 0.509 e. The first kappa shape index (κ1) is 32.4. The average Bonchev–Trinajstić information content (AvgIpc) is 3.66. The molecular formula is C39H22N8OPt. The number of aromatic nitrogens is 4. The zero-order chi connectivity index (χ0) is 33.2. The van der Waals surface area contributed by atoms with Gasteiger partial charge in [-0.1, -0.05) is 54.0 Å². The number of nitrogens with zero attached hydrogens (tertiary/aromatic N) is 8. The van der Waals surface area contributed by atoms with Crippen molar-refractivity contribution < 1.29 is 25.8 Å². The van der Waals surface area contributed by atoms with Crippen LogP contribution in [0.3, 0.4) is 0 Å². The van der Waals surface area contributed by atoms with Crippen molar-refractivity contribution in [3.63, 3.8) is 0 Å². The molecule has 10 heteroatoms. The van der Waals surface area contributed by atoms with Crippen molar-refractivity contribution in [2.45, 2.75) is 19.1 Å². The first-order chi connectivity index (χ1) is 23.5. The van der Waals surface area contributed by atoms with Gasteiger partial charge >= 0.3 is 33.3 Å². The minimum atomic E-state index is -1.28. The molecule has 0 N–H and O–H groups in total. The Kier molecular flexibility index (Phi) is 9.06. The molecule has 1 unspecified atom stereocenters. The number of hydrogen-bond acceptors (Lipinski definition) is 4. The van der Waals surface area contributed by atoms with Crippen LogP contribution in [0.25, 0.3) is 59.0 Å². The number of para-hydroxylation sites is 1. The van der Waals surface area contributed by atoms with Crippen LogP contribution in [0.15, 0.2) is 103 Å². The number of aryl methyl sites for hydroxylation is 1. The van der Waals surface area contributed by atoms with E-state index in [1.165, 1.54) is 4.68 Å². The van der Waals surface area contributed by atoms with Crippen molar-refractivity contribution in [2.24, 2.45) is 0 Å².